The minimum atomic E-state index is -0.306. The highest BCUT2D eigenvalue weighted by molar-refractivity contribution is 7.99. The van der Waals surface area contributed by atoms with Gasteiger partial charge in [-0.05, 0) is 43.2 Å². The Kier molecular flexibility index (Phi) is 4.64. The lowest BCUT2D eigenvalue weighted by Crippen LogP contribution is -2.36. The van der Waals surface area contributed by atoms with Gasteiger partial charge >= 0.3 is 0 Å². The maximum absolute atomic E-state index is 13.8. The minimum Gasteiger partial charge on any atom is -0.393 e. The van der Waals surface area contributed by atoms with Gasteiger partial charge in [0, 0.05) is 22.9 Å². The summed E-state index contributed by atoms with van der Waals surface area (Å²) in [5, 5.41) is 9.61. The van der Waals surface area contributed by atoms with E-state index in [0.29, 0.717) is 30.8 Å². The van der Waals surface area contributed by atoms with Crippen molar-refractivity contribution in [3.63, 3.8) is 0 Å². The van der Waals surface area contributed by atoms with Crippen LogP contribution in [0.5, 0.6) is 0 Å². The van der Waals surface area contributed by atoms with Crippen LogP contribution in [0.3, 0.4) is 0 Å². The third-order valence-electron chi connectivity index (χ3n) is 3.78. The summed E-state index contributed by atoms with van der Waals surface area (Å²) >= 11 is 1.30. The average Bonchev–Trinajstić information content (AvgIpc) is 2.52. The summed E-state index contributed by atoms with van der Waals surface area (Å²) in [4.78, 5) is 3.40. The van der Waals surface area contributed by atoms with Gasteiger partial charge in [-0.2, -0.15) is 0 Å². The molecule has 0 bridgehead atoms. The molecule has 1 N–H and O–H groups in total. The van der Waals surface area contributed by atoms with Crippen LogP contribution >= 0.6 is 11.8 Å². The van der Waals surface area contributed by atoms with Crippen molar-refractivity contribution in [3.05, 3.63) is 54.1 Å². The topological polar surface area (TPSA) is 23.5 Å². The Balaban J connectivity index is 1.89. The Labute approximate surface area is 132 Å². The van der Waals surface area contributed by atoms with Gasteiger partial charge in [-0.3, -0.25) is 0 Å². The standard InChI is InChI=1S/C17H17F2NOS/c18-12-5-6-17(22-16-4-2-1-3-14(16)19)15(11-12)20-9-7-13(21)8-10-20/h1-6,11,13,21H,7-10H2. The maximum atomic E-state index is 13.8. The first kappa shape index (κ1) is 15.3. The molecule has 2 nitrogen and oxygen atoms in total. The molecule has 2 aromatic rings. The van der Waals surface area contributed by atoms with Gasteiger partial charge in [-0.25, -0.2) is 8.78 Å². The van der Waals surface area contributed by atoms with Crippen LogP contribution in [-0.4, -0.2) is 24.3 Å². The van der Waals surface area contributed by atoms with Gasteiger partial charge in [0.2, 0.25) is 0 Å². The molecule has 1 aliphatic rings. The summed E-state index contributed by atoms with van der Waals surface area (Å²) in [6.07, 6.45) is 1.05. The van der Waals surface area contributed by atoms with E-state index in [0.717, 1.165) is 10.6 Å². The molecule has 0 radical (unpaired) electrons. The predicted molar refractivity (Wildman–Crippen MR) is 84.4 cm³/mol. The Morgan fingerprint density at radius 2 is 1.73 bits per heavy atom. The van der Waals surface area contributed by atoms with Crippen LogP contribution in [0.25, 0.3) is 0 Å². The average molecular weight is 321 g/mol. The fourth-order valence-corrected chi connectivity index (χ4v) is 3.55. The molecule has 116 valence electrons. The van der Waals surface area contributed by atoms with Crippen LogP contribution < -0.4 is 4.90 Å². The highest BCUT2D eigenvalue weighted by atomic mass is 32.2. The maximum Gasteiger partial charge on any atom is 0.137 e. The van der Waals surface area contributed by atoms with E-state index in [1.165, 1.54) is 30.0 Å². The molecule has 0 unspecified atom stereocenters. The summed E-state index contributed by atoms with van der Waals surface area (Å²) in [5.74, 6) is -0.587. The van der Waals surface area contributed by atoms with Gasteiger partial charge in [0.25, 0.3) is 0 Å². The van der Waals surface area contributed by atoms with Crippen molar-refractivity contribution < 1.29 is 13.9 Å². The molecule has 0 saturated carbocycles. The SMILES string of the molecule is OC1CCN(c2cc(F)ccc2Sc2ccccc2F)CC1. The number of piperidine rings is 1. The van der Waals surface area contributed by atoms with Gasteiger partial charge in [0.05, 0.1) is 11.8 Å². The lowest BCUT2D eigenvalue weighted by molar-refractivity contribution is 0.145. The van der Waals surface area contributed by atoms with Gasteiger partial charge < -0.3 is 10.0 Å². The fraction of sp³-hybridized carbons (Fsp3) is 0.294. The molecular formula is C17H17F2NOS. The van der Waals surface area contributed by atoms with Gasteiger partial charge in [-0.15, -0.1) is 0 Å². The molecule has 0 spiro atoms. The van der Waals surface area contributed by atoms with Crippen LogP contribution in [-0.2, 0) is 0 Å². The second-order valence-corrected chi connectivity index (χ2v) is 6.45. The molecule has 0 aliphatic carbocycles. The molecule has 0 aromatic heterocycles. The van der Waals surface area contributed by atoms with E-state index in [2.05, 4.69) is 4.90 Å². The Morgan fingerprint density at radius 1 is 1.00 bits per heavy atom. The number of nitrogens with zero attached hydrogens (tertiary/aromatic N) is 1. The van der Waals surface area contributed by atoms with E-state index in [4.69, 9.17) is 0 Å². The van der Waals surface area contributed by atoms with Gasteiger partial charge in [0.15, 0.2) is 0 Å². The molecule has 1 saturated heterocycles. The second-order valence-electron chi connectivity index (χ2n) is 5.36. The molecule has 0 atom stereocenters. The van der Waals surface area contributed by atoms with Crippen molar-refractivity contribution in [2.75, 3.05) is 18.0 Å². The summed E-state index contributed by atoms with van der Waals surface area (Å²) in [7, 11) is 0. The zero-order chi connectivity index (χ0) is 15.5. The number of aliphatic hydroxyl groups is 1. The summed E-state index contributed by atoms with van der Waals surface area (Å²) in [5.41, 5.74) is 0.764. The monoisotopic (exact) mass is 321 g/mol. The molecule has 5 heteroatoms. The Morgan fingerprint density at radius 3 is 2.45 bits per heavy atom. The molecule has 22 heavy (non-hydrogen) atoms. The summed E-state index contributed by atoms with van der Waals surface area (Å²) in [6, 6.07) is 11.1. The van der Waals surface area contributed by atoms with Crippen LogP contribution in [0.15, 0.2) is 52.3 Å². The first-order valence-electron chi connectivity index (χ1n) is 7.28. The molecule has 1 heterocycles. The Bertz CT molecular complexity index is 657. The van der Waals surface area contributed by atoms with Crippen molar-refractivity contribution >= 4 is 17.4 Å². The van der Waals surface area contributed by atoms with E-state index in [1.54, 1.807) is 24.3 Å². The van der Waals surface area contributed by atoms with E-state index < -0.39 is 0 Å². The molecule has 2 aromatic carbocycles. The number of rotatable bonds is 3. The minimum absolute atomic E-state index is 0.281. The lowest BCUT2D eigenvalue weighted by atomic mass is 10.1. The number of anilines is 1. The number of hydrogen-bond acceptors (Lipinski definition) is 3. The summed E-state index contributed by atoms with van der Waals surface area (Å²) < 4.78 is 27.5. The summed E-state index contributed by atoms with van der Waals surface area (Å²) in [6.45, 7) is 1.35. The smallest absolute Gasteiger partial charge is 0.137 e. The first-order chi connectivity index (χ1) is 10.6. The van der Waals surface area contributed by atoms with Crippen molar-refractivity contribution in [2.45, 2.75) is 28.7 Å². The fourth-order valence-electron chi connectivity index (χ4n) is 2.58. The van der Waals surface area contributed by atoms with Crippen molar-refractivity contribution in [1.29, 1.82) is 0 Å². The highest BCUT2D eigenvalue weighted by Crippen LogP contribution is 2.37. The second kappa shape index (κ2) is 6.67. The molecule has 1 fully saturated rings. The quantitative estimate of drug-likeness (QED) is 0.921. The molecule has 0 amide bonds. The number of aliphatic hydroxyl groups excluding tert-OH is 1. The van der Waals surface area contributed by atoms with E-state index in [-0.39, 0.29) is 17.7 Å². The normalized spacial score (nSPS) is 16.0. The number of halogens is 2. The number of hydrogen-bond donors (Lipinski definition) is 1. The number of benzene rings is 2. The van der Waals surface area contributed by atoms with Crippen molar-refractivity contribution in [3.8, 4) is 0 Å². The molecular weight excluding hydrogens is 304 g/mol. The third kappa shape index (κ3) is 3.42. The zero-order valence-electron chi connectivity index (χ0n) is 12.0. The van der Waals surface area contributed by atoms with Gasteiger partial charge in [-0.1, -0.05) is 23.9 Å². The lowest BCUT2D eigenvalue weighted by Gasteiger charge is -2.32. The van der Waals surface area contributed by atoms with E-state index >= 15 is 0 Å². The molecule has 1 aliphatic heterocycles. The van der Waals surface area contributed by atoms with Crippen LogP contribution in [0.4, 0.5) is 14.5 Å². The largest absolute Gasteiger partial charge is 0.393 e. The van der Waals surface area contributed by atoms with Gasteiger partial charge in [0.1, 0.15) is 11.6 Å². The van der Waals surface area contributed by atoms with E-state index in [1.807, 2.05) is 0 Å². The van der Waals surface area contributed by atoms with Crippen LogP contribution in [0.1, 0.15) is 12.8 Å². The third-order valence-corrected chi connectivity index (χ3v) is 4.90. The predicted octanol–water partition coefficient (Wildman–Crippen LogP) is 4.08. The van der Waals surface area contributed by atoms with E-state index in [9.17, 15) is 13.9 Å². The van der Waals surface area contributed by atoms with Crippen molar-refractivity contribution in [1.82, 2.24) is 0 Å². The highest BCUT2D eigenvalue weighted by Gasteiger charge is 2.20. The molecule has 3 rings (SSSR count). The van der Waals surface area contributed by atoms with Crippen molar-refractivity contribution in [2.24, 2.45) is 0 Å². The van der Waals surface area contributed by atoms with Crippen LogP contribution in [0, 0.1) is 11.6 Å². The first-order valence-corrected chi connectivity index (χ1v) is 8.10. The zero-order valence-corrected chi connectivity index (χ0v) is 12.8. The van der Waals surface area contributed by atoms with Crippen LogP contribution in [0.2, 0.25) is 0 Å². The Hall–Kier alpha value is -1.59.